The molecule has 0 aliphatic carbocycles. The van der Waals surface area contributed by atoms with Gasteiger partial charge in [-0.15, -0.1) is 0 Å². The van der Waals surface area contributed by atoms with E-state index in [-0.39, 0.29) is 5.91 Å². The van der Waals surface area contributed by atoms with Crippen molar-refractivity contribution in [3.63, 3.8) is 0 Å². The molecule has 4 rings (SSSR count). The van der Waals surface area contributed by atoms with Gasteiger partial charge in [0.1, 0.15) is 5.82 Å². The summed E-state index contributed by atoms with van der Waals surface area (Å²) in [6.07, 6.45) is 2.10. The standard InChI is InChI=1S/C20H27N5OS/c1-13-4-6-25(7-5-13)20(26)18-22-17-16(14(2)12-15(3)21-17)19(23-18)24-8-10-27-11-9-24/h12-13H,4-11H2,1-3H3. The van der Waals surface area contributed by atoms with Crippen molar-refractivity contribution in [2.24, 2.45) is 5.92 Å². The predicted molar refractivity (Wildman–Crippen MR) is 111 cm³/mol. The highest BCUT2D eigenvalue weighted by Gasteiger charge is 2.26. The van der Waals surface area contributed by atoms with Gasteiger partial charge in [-0.05, 0) is 44.2 Å². The quantitative estimate of drug-likeness (QED) is 0.792. The molecule has 0 spiro atoms. The molecular formula is C20H27N5OS. The van der Waals surface area contributed by atoms with Crippen LogP contribution in [0.15, 0.2) is 6.07 Å². The van der Waals surface area contributed by atoms with Gasteiger partial charge in [0.25, 0.3) is 5.91 Å². The Morgan fingerprint density at radius 3 is 2.48 bits per heavy atom. The molecule has 4 heterocycles. The van der Waals surface area contributed by atoms with E-state index in [0.717, 1.165) is 73.0 Å². The Labute approximate surface area is 164 Å². The van der Waals surface area contributed by atoms with Crippen LogP contribution in [0.25, 0.3) is 11.0 Å². The van der Waals surface area contributed by atoms with Crippen molar-refractivity contribution in [2.75, 3.05) is 42.6 Å². The average molecular weight is 386 g/mol. The number of thioether (sulfide) groups is 1. The number of aryl methyl sites for hydroxylation is 2. The van der Waals surface area contributed by atoms with Gasteiger partial charge in [0.05, 0.1) is 5.39 Å². The number of carbonyl (C=O) groups is 1. The molecule has 0 atom stereocenters. The summed E-state index contributed by atoms with van der Waals surface area (Å²) in [5, 5.41) is 0.983. The number of fused-ring (bicyclic) bond motifs is 1. The zero-order chi connectivity index (χ0) is 19.0. The second kappa shape index (κ2) is 7.62. The maximum Gasteiger partial charge on any atom is 0.291 e. The van der Waals surface area contributed by atoms with Gasteiger partial charge in [0, 0.05) is 43.4 Å². The van der Waals surface area contributed by atoms with Gasteiger partial charge < -0.3 is 9.80 Å². The Bertz CT molecular complexity index is 857. The van der Waals surface area contributed by atoms with E-state index in [2.05, 4.69) is 34.8 Å². The summed E-state index contributed by atoms with van der Waals surface area (Å²) < 4.78 is 0. The number of amides is 1. The van der Waals surface area contributed by atoms with Crippen molar-refractivity contribution in [1.29, 1.82) is 0 Å². The van der Waals surface area contributed by atoms with Gasteiger partial charge in [0.2, 0.25) is 5.82 Å². The summed E-state index contributed by atoms with van der Waals surface area (Å²) in [5.74, 6) is 3.95. The number of anilines is 1. The Balaban J connectivity index is 1.78. The van der Waals surface area contributed by atoms with Crippen molar-refractivity contribution >= 4 is 34.5 Å². The third-order valence-electron chi connectivity index (χ3n) is 5.55. The first kappa shape index (κ1) is 18.5. The lowest BCUT2D eigenvalue weighted by molar-refractivity contribution is 0.0685. The summed E-state index contributed by atoms with van der Waals surface area (Å²) in [4.78, 5) is 31.3. The number of carbonyl (C=O) groups excluding carboxylic acids is 1. The molecule has 2 aromatic rings. The zero-order valence-corrected chi connectivity index (χ0v) is 17.2. The van der Waals surface area contributed by atoms with Gasteiger partial charge in [-0.3, -0.25) is 4.79 Å². The van der Waals surface area contributed by atoms with E-state index < -0.39 is 0 Å². The molecule has 0 saturated carbocycles. The minimum absolute atomic E-state index is 0.0580. The summed E-state index contributed by atoms with van der Waals surface area (Å²) >= 11 is 1.96. The number of piperidine rings is 1. The Morgan fingerprint density at radius 1 is 1.07 bits per heavy atom. The van der Waals surface area contributed by atoms with E-state index in [1.54, 1.807) is 0 Å². The first-order valence-corrected chi connectivity index (χ1v) is 11.0. The molecule has 2 aromatic heterocycles. The second-order valence-corrected chi connectivity index (χ2v) is 8.95. The number of likely N-dealkylation sites (tertiary alicyclic amines) is 1. The van der Waals surface area contributed by atoms with Crippen molar-refractivity contribution < 1.29 is 4.79 Å². The largest absolute Gasteiger partial charge is 0.354 e. The van der Waals surface area contributed by atoms with Crippen LogP contribution < -0.4 is 4.90 Å². The number of aromatic nitrogens is 3. The monoisotopic (exact) mass is 385 g/mol. The lowest BCUT2D eigenvalue weighted by atomic mass is 9.99. The molecule has 0 bridgehead atoms. The summed E-state index contributed by atoms with van der Waals surface area (Å²) in [5.41, 5.74) is 2.69. The Kier molecular flexibility index (Phi) is 5.21. The lowest BCUT2D eigenvalue weighted by Gasteiger charge is -2.31. The summed E-state index contributed by atoms with van der Waals surface area (Å²) in [7, 11) is 0. The summed E-state index contributed by atoms with van der Waals surface area (Å²) in [6.45, 7) is 9.76. The highest BCUT2D eigenvalue weighted by atomic mass is 32.2. The van der Waals surface area contributed by atoms with Gasteiger partial charge in [-0.2, -0.15) is 11.8 Å². The van der Waals surface area contributed by atoms with Gasteiger partial charge in [0.15, 0.2) is 5.65 Å². The third kappa shape index (κ3) is 3.74. The topological polar surface area (TPSA) is 62.2 Å². The highest BCUT2D eigenvalue weighted by molar-refractivity contribution is 7.99. The van der Waals surface area contributed by atoms with Gasteiger partial charge in [-0.25, -0.2) is 15.0 Å². The Morgan fingerprint density at radius 2 is 1.78 bits per heavy atom. The fraction of sp³-hybridized carbons (Fsp3) is 0.600. The van der Waals surface area contributed by atoms with Crippen molar-refractivity contribution in [3.8, 4) is 0 Å². The fourth-order valence-electron chi connectivity index (χ4n) is 3.91. The molecule has 144 valence electrons. The minimum Gasteiger partial charge on any atom is -0.354 e. The molecule has 2 saturated heterocycles. The molecule has 2 aliphatic heterocycles. The third-order valence-corrected chi connectivity index (χ3v) is 6.49. The average Bonchev–Trinajstić information content (AvgIpc) is 2.67. The van der Waals surface area contributed by atoms with E-state index in [9.17, 15) is 4.79 Å². The van der Waals surface area contributed by atoms with E-state index in [1.807, 2.05) is 23.6 Å². The van der Waals surface area contributed by atoms with E-state index in [4.69, 9.17) is 4.98 Å². The van der Waals surface area contributed by atoms with Crippen LogP contribution in [0.3, 0.4) is 0 Å². The van der Waals surface area contributed by atoms with Crippen molar-refractivity contribution in [1.82, 2.24) is 19.9 Å². The zero-order valence-electron chi connectivity index (χ0n) is 16.4. The maximum absolute atomic E-state index is 13.1. The van der Waals surface area contributed by atoms with Crippen molar-refractivity contribution in [2.45, 2.75) is 33.6 Å². The predicted octanol–water partition coefficient (Wildman–Crippen LogP) is 3.07. The number of pyridine rings is 1. The molecule has 27 heavy (non-hydrogen) atoms. The smallest absolute Gasteiger partial charge is 0.291 e. The van der Waals surface area contributed by atoms with Crippen LogP contribution in [0.2, 0.25) is 0 Å². The van der Waals surface area contributed by atoms with Crippen LogP contribution in [-0.4, -0.2) is 63.4 Å². The van der Waals surface area contributed by atoms with Gasteiger partial charge >= 0.3 is 0 Å². The van der Waals surface area contributed by atoms with Crippen LogP contribution in [-0.2, 0) is 0 Å². The normalized spacial score (nSPS) is 18.9. The molecular weight excluding hydrogens is 358 g/mol. The Hall–Kier alpha value is -1.89. The van der Waals surface area contributed by atoms with Crippen molar-refractivity contribution in [3.05, 3.63) is 23.1 Å². The first-order chi connectivity index (χ1) is 13.0. The number of nitrogens with zero attached hydrogens (tertiary/aromatic N) is 5. The number of hydrogen-bond acceptors (Lipinski definition) is 6. The molecule has 0 unspecified atom stereocenters. The van der Waals surface area contributed by atoms with E-state index in [0.29, 0.717) is 17.4 Å². The molecule has 0 aromatic carbocycles. The number of rotatable bonds is 2. The van der Waals surface area contributed by atoms with Gasteiger partial charge in [-0.1, -0.05) is 6.92 Å². The highest BCUT2D eigenvalue weighted by Crippen LogP contribution is 2.29. The molecule has 0 N–H and O–H groups in total. The summed E-state index contributed by atoms with van der Waals surface area (Å²) in [6, 6.07) is 2.07. The molecule has 0 radical (unpaired) electrons. The SMILES string of the molecule is Cc1cc(C)c2c(N3CCSCC3)nc(C(=O)N3CCC(C)CC3)nc2n1. The molecule has 6 nitrogen and oxygen atoms in total. The fourth-order valence-corrected chi connectivity index (χ4v) is 4.81. The first-order valence-electron chi connectivity index (χ1n) is 9.81. The van der Waals surface area contributed by atoms with Crippen LogP contribution in [0.4, 0.5) is 5.82 Å². The molecule has 1 amide bonds. The molecule has 2 aliphatic rings. The van der Waals surface area contributed by atoms with Crippen LogP contribution >= 0.6 is 11.8 Å². The van der Waals surface area contributed by atoms with E-state index >= 15 is 0 Å². The minimum atomic E-state index is -0.0580. The van der Waals surface area contributed by atoms with Crippen LogP contribution in [0.1, 0.15) is 41.6 Å². The van der Waals surface area contributed by atoms with Crippen LogP contribution in [0.5, 0.6) is 0 Å². The number of hydrogen-bond donors (Lipinski definition) is 0. The maximum atomic E-state index is 13.1. The second-order valence-electron chi connectivity index (χ2n) is 7.72. The lowest BCUT2D eigenvalue weighted by Crippen LogP contribution is -2.39. The van der Waals surface area contributed by atoms with E-state index in [1.165, 1.54) is 0 Å². The molecule has 2 fully saturated rings. The van der Waals surface area contributed by atoms with Crippen LogP contribution in [0, 0.1) is 19.8 Å². The molecule has 7 heteroatoms.